The normalized spacial score (nSPS) is 17.5. The van der Waals surface area contributed by atoms with E-state index in [2.05, 4.69) is 21.1 Å². The molecule has 0 aliphatic carbocycles. The Balaban J connectivity index is 1.52. The largest absolute Gasteiger partial charge is 0.497 e. The van der Waals surface area contributed by atoms with Gasteiger partial charge >= 0.3 is 0 Å². The van der Waals surface area contributed by atoms with Crippen LogP contribution in [0.5, 0.6) is 5.75 Å². The Hall–Kier alpha value is -4.26. The molecule has 1 heterocycles. The maximum absolute atomic E-state index is 13.1. The second-order valence-corrected chi connectivity index (χ2v) is 7.19. The van der Waals surface area contributed by atoms with E-state index in [9.17, 15) is 9.59 Å². The number of nitrogens with zero attached hydrogens (tertiary/aromatic N) is 2. The number of Topliss-reactive ketones (excluding diaryl/α,β-unsaturated/α-hetero) is 1. The number of methoxy groups -OCH3 is 1. The van der Waals surface area contributed by atoms with Crippen LogP contribution < -0.4 is 15.6 Å². The number of ketones is 1. The molecule has 1 aliphatic rings. The van der Waals surface area contributed by atoms with Crippen molar-refractivity contribution >= 4 is 23.6 Å². The molecule has 3 aromatic rings. The third-order valence-electron chi connectivity index (χ3n) is 5.17. The van der Waals surface area contributed by atoms with Crippen molar-refractivity contribution in [2.75, 3.05) is 7.11 Å². The summed E-state index contributed by atoms with van der Waals surface area (Å²) in [5.74, 6) is -0.410. The van der Waals surface area contributed by atoms with Gasteiger partial charge in [-0.3, -0.25) is 15.0 Å². The van der Waals surface area contributed by atoms with Crippen LogP contribution in [0.15, 0.2) is 95.1 Å². The van der Waals surface area contributed by atoms with Crippen molar-refractivity contribution in [3.63, 3.8) is 0 Å². The van der Waals surface area contributed by atoms with Gasteiger partial charge in [-0.05, 0) is 35.4 Å². The average Bonchev–Trinajstić information content (AvgIpc) is 3.30. The summed E-state index contributed by atoms with van der Waals surface area (Å²) in [4.78, 5) is 26.0. The molecule has 4 rings (SSSR count). The van der Waals surface area contributed by atoms with E-state index in [1.807, 2.05) is 60.7 Å². The van der Waals surface area contributed by atoms with Gasteiger partial charge < -0.3 is 4.74 Å². The van der Waals surface area contributed by atoms with Crippen LogP contribution in [0.25, 0.3) is 0 Å². The molecule has 2 atom stereocenters. The smallest absolute Gasteiger partial charge is 0.265 e. The monoisotopic (exact) mass is 426 g/mol. The highest BCUT2D eigenvalue weighted by molar-refractivity contribution is 6.48. The van der Waals surface area contributed by atoms with Gasteiger partial charge in [-0.15, -0.1) is 0 Å². The molecule has 0 saturated carbocycles. The maximum atomic E-state index is 13.1. The number of amides is 1. The molecule has 0 saturated heterocycles. The van der Waals surface area contributed by atoms with Crippen molar-refractivity contribution in [3.05, 3.63) is 102 Å². The summed E-state index contributed by atoms with van der Waals surface area (Å²) in [6, 6.07) is 24.8. The maximum Gasteiger partial charge on any atom is 0.265 e. The van der Waals surface area contributed by atoms with E-state index in [4.69, 9.17) is 4.74 Å². The molecule has 0 fully saturated rings. The van der Waals surface area contributed by atoms with Crippen LogP contribution in [0.2, 0.25) is 0 Å². The lowest BCUT2D eigenvalue weighted by Crippen LogP contribution is -2.43. The third kappa shape index (κ3) is 4.57. The molecule has 7 heteroatoms. The molecule has 2 unspecified atom stereocenters. The number of carbonyl (C=O) groups is 2. The van der Waals surface area contributed by atoms with Crippen LogP contribution in [-0.4, -0.2) is 36.8 Å². The molecule has 0 radical (unpaired) electrons. The van der Waals surface area contributed by atoms with Crippen molar-refractivity contribution in [2.24, 2.45) is 10.2 Å². The Morgan fingerprint density at radius 1 is 0.969 bits per heavy atom. The van der Waals surface area contributed by atoms with Crippen molar-refractivity contribution < 1.29 is 14.3 Å². The molecule has 0 aromatic heterocycles. The quantitative estimate of drug-likeness (QED) is 0.345. The van der Waals surface area contributed by atoms with Crippen molar-refractivity contribution in [1.29, 1.82) is 0 Å². The SMILES string of the molecule is COc1ccc(/C=N\NC(=O)C2NN=C(C(=O)c3ccccc3)C2c2ccccc2)cc1. The van der Waals surface area contributed by atoms with Gasteiger partial charge in [0.15, 0.2) is 0 Å². The Morgan fingerprint density at radius 3 is 2.28 bits per heavy atom. The van der Waals surface area contributed by atoms with Crippen LogP contribution >= 0.6 is 0 Å². The summed E-state index contributed by atoms with van der Waals surface area (Å²) < 4.78 is 5.13. The predicted molar refractivity (Wildman–Crippen MR) is 123 cm³/mol. The number of hydrogen-bond donors (Lipinski definition) is 2. The zero-order chi connectivity index (χ0) is 22.3. The van der Waals surface area contributed by atoms with Gasteiger partial charge in [0.2, 0.25) is 5.78 Å². The Labute approximate surface area is 185 Å². The van der Waals surface area contributed by atoms with Gasteiger partial charge in [0.25, 0.3) is 5.91 Å². The fraction of sp³-hybridized carbons (Fsp3) is 0.120. The molecule has 1 aliphatic heterocycles. The summed E-state index contributed by atoms with van der Waals surface area (Å²) in [6.45, 7) is 0. The topological polar surface area (TPSA) is 92.2 Å². The molecule has 2 N–H and O–H groups in total. The molecule has 0 bridgehead atoms. The van der Waals surface area contributed by atoms with Crippen LogP contribution in [-0.2, 0) is 4.79 Å². The van der Waals surface area contributed by atoms with Crippen molar-refractivity contribution in [2.45, 2.75) is 12.0 Å². The van der Waals surface area contributed by atoms with Crippen molar-refractivity contribution in [1.82, 2.24) is 10.9 Å². The van der Waals surface area contributed by atoms with E-state index in [1.54, 1.807) is 37.6 Å². The van der Waals surface area contributed by atoms with Crippen LogP contribution in [0.3, 0.4) is 0 Å². The Kier molecular flexibility index (Phi) is 6.36. The Bertz CT molecular complexity index is 1140. The lowest BCUT2D eigenvalue weighted by atomic mass is 9.85. The van der Waals surface area contributed by atoms with Gasteiger partial charge in [0, 0.05) is 5.56 Å². The minimum absolute atomic E-state index is 0.219. The van der Waals surface area contributed by atoms with E-state index < -0.39 is 12.0 Å². The van der Waals surface area contributed by atoms with Gasteiger partial charge in [0.05, 0.1) is 19.2 Å². The highest BCUT2D eigenvalue weighted by Gasteiger charge is 2.41. The first kappa shape index (κ1) is 21.0. The van der Waals surface area contributed by atoms with Gasteiger partial charge in [-0.2, -0.15) is 10.2 Å². The number of hydrazone groups is 2. The number of carbonyl (C=O) groups excluding carboxylic acids is 2. The van der Waals surface area contributed by atoms with Gasteiger partial charge in [-0.25, -0.2) is 5.43 Å². The summed E-state index contributed by atoms with van der Waals surface area (Å²) in [6.07, 6.45) is 1.54. The minimum atomic E-state index is -0.770. The standard InChI is InChI=1S/C25H22N4O3/c1-32-20-14-12-17(13-15-20)16-26-29-25(31)23-21(18-8-4-2-5-9-18)22(27-28-23)24(30)19-10-6-3-7-11-19/h2-16,21,23,28H,1H3,(H,29,31)/b26-16-. The van der Waals surface area contributed by atoms with E-state index >= 15 is 0 Å². The Morgan fingerprint density at radius 2 is 1.62 bits per heavy atom. The van der Waals surface area contributed by atoms with Crippen LogP contribution in [0, 0.1) is 0 Å². The molecule has 160 valence electrons. The molecule has 3 aromatic carbocycles. The predicted octanol–water partition coefficient (Wildman–Crippen LogP) is 3.14. The van der Waals surface area contributed by atoms with Crippen LogP contribution in [0.4, 0.5) is 0 Å². The number of rotatable bonds is 7. The molecular formula is C25H22N4O3. The number of ether oxygens (including phenoxy) is 1. The van der Waals surface area contributed by atoms with E-state index in [-0.39, 0.29) is 11.7 Å². The fourth-order valence-corrected chi connectivity index (χ4v) is 3.52. The summed E-state index contributed by atoms with van der Waals surface area (Å²) in [5.41, 5.74) is 7.83. The first-order chi connectivity index (χ1) is 15.7. The highest BCUT2D eigenvalue weighted by atomic mass is 16.5. The van der Waals surface area contributed by atoms with Gasteiger partial charge in [-0.1, -0.05) is 60.7 Å². The molecular weight excluding hydrogens is 404 g/mol. The van der Waals surface area contributed by atoms with E-state index in [0.29, 0.717) is 11.3 Å². The molecule has 0 spiro atoms. The van der Waals surface area contributed by atoms with Gasteiger partial charge in [0.1, 0.15) is 17.5 Å². The second-order valence-electron chi connectivity index (χ2n) is 7.19. The summed E-state index contributed by atoms with van der Waals surface area (Å²) >= 11 is 0. The molecule has 7 nitrogen and oxygen atoms in total. The number of nitrogens with one attached hydrogen (secondary N) is 2. The average molecular weight is 426 g/mol. The van der Waals surface area contributed by atoms with Crippen molar-refractivity contribution in [3.8, 4) is 5.75 Å². The minimum Gasteiger partial charge on any atom is -0.497 e. The van der Waals surface area contributed by atoms with E-state index in [1.165, 1.54) is 0 Å². The zero-order valence-corrected chi connectivity index (χ0v) is 17.4. The first-order valence-electron chi connectivity index (χ1n) is 10.1. The summed E-state index contributed by atoms with van der Waals surface area (Å²) in [7, 11) is 1.60. The van der Waals surface area contributed by atoms with E-state index in [0.717, 1.165) is 16.9 Å². The third-order valence-corrected chi connectivity index (χ3v) is 5.17. The number of benzene rings is 3. The molecule has 32 heavy (non-hydrogen) atoms. The second kappa shape index (κ2) is 9.70. The highest BCUT2D eigenvalue weighted by Crippen LogP contribution is 2.28. The zero-order valence-electron chi connectivity index (χ0n) is 17.4. The lowest BCUT2D eigenvalue weighted by Gasteiger charge is -2.19. The lowest BCUT2D eigenvalue weighted by molar-refractivity contribution is -0.123. The number of hydrogen-bond acceptors (Lipinski definition) is 6. The first-order valence-corrected chi connectivity index (χ1v) is 10.1. The summed E-state index contributed by atoms with van der Waals surface area (Å²) in [5, 5.41) is 8.30. The fourth-order valence-electron chi connectivity index (χ4n) is 3.52. The van der Waals surface area contributed by atoms with Crippen LogP contribution in [0.1, 0.15) is 27.4 Å². The molecule has 1 amide bonds.